The zero-order valence-electron chi connectivity index (χ0n) is 8.90. The van der Waals surface area contributed by atoms with Gasteiger partial charge in [-0.25, -0.2) is 0 Å². The molecule has 1 aromatic heterocycles. The minimum absolute atomic E-state index is 0. The van der Waals surface area contributed by atoms with Gasteiger partial charge in [-0.3, -0.25) is 4.79 Å². The van der Waals surface area contributed by atoms with Crippen LogP contribution in [0, 0.1) is 12.3 Å². The van der Waals surface area contributed by atoms with Gasteiger partial charge in [-0.1, -0.05) is 11.3 Å². The molecule has 1 heterocycles. The molecule has 0 saturated heterocycles. The van der Waals surface area contributed by atoms with Crippen molar-refractivity contribution in [2.75, 3.05) is 11.9 Å². The number of nitrogens with one attached hydrogen (secondary N) is 1. The van der Waals surface area contributed by atoms with Gasteiger partial charge in [0.1, 0.15) is 5.01 Å². The second-order valence-corrected chi connectivity index (χ2v) is 4.85. The topological polar surface area (TPSA) is 80.9 Å². The van der Waals surface area contributed by atoms with E-state index in [0.717, 1.165) is 5.01 Å². The maximum absolute atomic E-state index is 11.6. The fourth-order valence-corrected chi connectivity index (χ4v) is 1.29. The van der Waals surface area contributed by atoms with Crippen molar-refractivity contribution in [1.82, 2.24) is 10.2 Å². The number of halogens is 1. The largest absolute Gasteiger partial charge is 0.329 e. The van der Waals surface area contributed by atoms with E-state index in [1.54, 1.807) is 13.8 Å². The SMILES string of the molecule is Cc1nnc(NC(=O)C(C)(C)CN)s1.Cl. The first-order valence-corrected chi connectivity index (χ1v) is 5.09. The summed E-state index contributed by atoms with van der Waals surface area (Å²) in [6, 6.07) is 0. The number of nitrogens with two attached hydrogens (primary N) is 1. The molecule has 5 nitrogen and oxygen atoms in total. The van der Waals surface area contributed by atoms with Crippen molar-refractivity contribution in [2.24, 2.45) is 11.1 Å². The van der Waals surface area contributed by atoms with Gasteiger partial charge in [0, 0.05) is 6.54 Å². The van der Waals surface area contributed by atoms with E-state index in [1.165, 1.54) is 11.3 Å². The number of aromatic nitrogens is 2. The quantitative estimate of drug-likeness (QED) is 0.845. The molecule has 0 unspecified atom stereocenters. The number of hydrogen-bond acceptors (Lipinski definition) is 5. The van der Waals surface area contributed by atoms with E-state index in [1.807, 2.05) is 6.92 Å². The first kappa shape index (κ1) is 14.3. The number of aryl methyl sites for hydroxylation is 1. The summed E-state index contributed by atoms with van der Waals surface area (Å²) in [7, 11) is 0. The third-order valence-corrected chi connectivity index (χ3v) is 2.63. The molecule has 15 heavy (non-hydrogen) atoms. The first-order valence-electron chi connectivity index (χ1n) is 4.27. The molecule has 0 fully saturated rings. The summed E-state index contributed by atoms with van der Waals surface area (Å²) in [6.45, 7) is 5.71. The molecule has 1 aromatic rings. The Morgan fingerprint density at radius 2 is 2.13 bits per heavy atom. The molecule has 1 rings (SSSR count). The molecule has 0 aromatic carbocycles. The lowest BCUT2D eigenvalue weighted by Gasteiger charge is -2.19. The van der Waals surface area contributed by atoms with Crippen LogP contribution in [0.3, 0.4) is 0 Å². The van der Waals surface area contributed by atoms with Crippen LogP contribution >= 0.6 is 23.7 Å². The zero-order valence-corrected chi connectivity index (χ0v) is 10.5. The Balaban J connectivity index is 0.00000196. The minimum Gasteiger partial charge on any atom is -0.329 e. The van der Waals surface area contributed by atoms with Gasteiger partial charge in [-0.2, -0.15) is 0 Å². The molecule has 86 valence electrons. The minimum atomic E-state index is -0.570. The van der Waals surface area contributed by atoms with Crippen molar-refractivity contribution in [3.63, 3.8) is 0 Å². The Morgan fingerprint density at radius 3 is 2.53 bits per heavy atom. The van der Waals surface area contributed by atoms with Crippen LogP contribution < -0.4 is 11.1 Å². The van der Waals surface area contributed by atoms with Gasteiger partial charge in [-0.05, 0) is 20.8 Å². The molecular formula is C8H15ClN4OS. The standard InChI is InChI=1S/C8H14N4OS.ClH/c1-5-11-12-7(14-5)10-6(13)8(2,3)4-9;/h4,9H2,1-3H3,(H,10,12,13);1H. The van der Waals surface area contributed by atoms with Crippen LogP contribution in [0.25, 0.3) is 0 Å². The fourth-order valence-electron chi connectivity index (χ4n) is 0.706. The van der Waals surface area contributed by atoms with Crippen molar-refractivity contribution in [1.29, 1.82) is 0 Å². The smallest absolute Gasteiger partial charge is 0.233 e. The highest BCUT2D eigenvalue weighted by atomic mass is 35.5. The molecule has 0 saturated carbocycles. The summed E-state index contributed by atoms with van der Waals surface area (Å²) in [5, 5.41) is 11.6. The van der Waals surface area contributed by atoms with Crippen molar-refractivity contribution < 1.29 is 4.79 Å². The Bertz CT molecular complexity index is 339. The van der Waals surface area contributed by atoms with Crippen molar-refractivity contribution in [3.8, 4) is 0 Å². The van der Waals surface area contributed by atoms with Crippen LogP contribution in [0.15, 0.2) is 0 Å². The van der Waals surface area contributed by atoms with Gasteiger partial charge in [-0.15, -0.1) is 22.6 Å². The summed E-state index contributed by atoms with van der Waals surface area (Å²) in [6.07, 6.45) is 0. The summed E-state index contributed by atoms with van der Waals surface area (Å²) in [4.78, 5) is 11.6. The highest BCUT2D eigenvalue weighted by Gasteiger charge is 2.26. The predicted molar refractivity (Wildman–Crippen MR) is 63.4 cm³/mol. The summed E-state index contributed by atoms with van der Waals surface area (Å²) in [5.74, 6) is -0.129. The average molecular weight is 251 g/mol. The first-order chi connectivity index (χ1) is 6.45. The van der Waals surface area contributed by atoms with E-state index in [2.05, 4.69) is 15.5 Å². The molecule has 0 aliphatic heterocycles. The predicted octanol–water partition coefficient (Wildman–Crippen LogP) is 1.19. The second kappa shape index (κ2) is 5.39. The van der Waals surface area contributed by atoms with Crippen LogP contribution in [-0.4, -0.2) is 22.6 Å². The Kier molecular flexibility index (Phi) is 5.13. The van der Waals surface area contributed by atoms with Gasteiger partial charge >= 0.3 is 0 Å². The summed E-state index contributed by atoms with van der Waals surface area (Å²) < 4.78 is 0. The number of carbonyl (C=O) groups excluding carboxylic acids is 1. The molecule has 0 spiro atoms. The number of carbonyl (C=O) groups is 1. The maximum atomic E-state index is 11.6. The third-order valence-electron chi connectivity index (χ3n) is 1.87. The number of anilines is 1. The Morgan fingerprint density at radius 1 is 1.53 bits per heavy atom. The van der Waals surface area contributed by atoms with E-state index >= 15 is 0 Å². The summed E-state index contributed by atoms with van der Waals surface area (Å²) in [5.41, 5.74) is 4.90. The van der Waals surface area contributed by atoms with Crippen LogP contribution in [-0.2, 0) is 4.79 Å². The lowest BCUT2D eigenvalue weighted by Crippen LogP contribution is -2.37. The van der Waals surface area contributed by atoms with Crippen molar-refractivity contribution in [2.45, 2.75) is 20.8 Å². The molecule has 0 radical (unpaired) electrons. The number of nitrogens with zero attached hydrogens (tertiary/aromatic N) is 2. The molecule has 0 aliphatic rings. The van der Waals surface area contributed by atoms with Crippen molar-refractivity contribution in [3.05, 3.63) is 5.01 Å². The van der Waals surface area contributed by atoms with Gasteiger partial charge < -0.3 is 11.1 Å². The molecule has 0 atom stereocenters. The van der Waals surface area contributed by atoms with Crippen LogP contribution in [0.2, 0.25) is 0 Å². The van der Waals surface area contributed by atoms with E-state index < -0.39 is 5.41 Å². The fraction of sp³-hybridized carbons (Fsp3) is 0.625. The van der Waals surface area contributed by atoms with Crippen LogP contribution in [0.1, 0.15) is 18.9 Å². The molecule has 3 N–H and O–H groups in total. The Labute approximate surface area is 98.9 Å². The highest BCUT2D eigenvalue weighted by Crippen LogP contribution is 2.19. The second-order valence-electron chi connectivity index (χ2n) is 3.67. The van der Waals surface area contributed by atoms with Crippen LogP contribution in [0.4, 0.5) is 5.13 Å². The monoisotopic (exact) mass is 250 g/mol. The Hall–Kier alpha value is -0.720. The van der Waals surface area contributed by atoms with E-state index in [-0.39, 0.29) is 18.3 Å². The van der Waals surface area contributed by atoms with Crippen LogP contribution in [0.5, 0.6) is 0 Å². The average Bonchev–Trinajstić information content (AvgIpc) is 2.51. The van der Waals surface area contributed by atoms with E-state index in [0.29, 0.717) is 11.7 Å². The molecule has 0 aliphatic carbocycles. The number of rotatable bonds is 3. The molecule has 1 amide bonds. The van der Waals surface area contributed by atoms with E-state index in [4.69, 9.17) is 5.73 Å². The molecule has 0 bridgehead atoms. The highest BCUT2D eigenvalue weighted by molar-refractivity contribution is 7.15. The molecule has 7 heteroatoms. The number of hydrogen-bond donors (Lipinski definition) is 2. The lowest BCUT2D eigenvalue weighted by atomic mass is 9.93. The van der Waals surface area contributed by atoms with E-state index in [9.17, 15) is 4.79 Å². The lowest BCUT2D eigenvalue weighted by molar-refractivity contribution is -0.123. The zero-order chi connectivity index (χ0) is 10.8. The molecular weight excluding hydrogens is 236 g/mol. The normalized spacial score (nSPS) is 10.7. The van der Waals surface area contributed by atoms with Crippen molar-refractivity contribution >= 4 is 34.8 Å². The van der Waals surface area contributed by atoms with Gasteiger partial charge in [0.25, 0.3) is 0 Å². The van der Waals surface area contributed by atoms with Gasteiger partial charge in [0.05, 0.1) is 5.41 Å². The maximum Gasteiger partial charge on any atom is 0.233 e. The van der Waals surface area contributed by atoms with Gasteiger partial charge in [0.15, 0.2) is 0 Å². The van der Waals surface area contributed by atoms with Gasteiger partial charge in [0.2, 0.25) is 11.0 Å². The number of amides is 1. The summed E-state index contributed by atoms with van der Waals surface area (Å²) >= 11 is 1.35. The third kappa shape index (κ3) is 3.73.